The molecule has 0 aliphatic carbocycles. The van der Waals surface area contributed by atoms with Gasteiger partial charge in [0.2, 0.25) is 0 Å². The normalized spacial score (nSPS) is 13.2. The number of fused-ring (bicyclic) bond motifs is 1. The molecule has 0 saturated carbocycles. The Morgan fingerprint density at radius 3 is 2.22 bits per heavy atom. The van der Waals surface area contributed by atoms with Gasteiger partial charge in [0.15, 0.2) is 0 Å². The zero-order valence-corrected chi connectivity index (χ0v) is 20.0. The lowest BCUT2D eigenvalue weighted by Gasteiger charge is -2.34. The van der Waals surface area contributed by atoms with Crippen molar-refractivity contribution in [1.82, 2.24) is 20.2 Å². The average Bonchev–Trinajstić information content (AvgIpc) is 3.35. The molecule has 2 aromatic carbocycles. The van der Waals surface area contributed by atoms with E-state index in [2.05, 4.69) is 17.3 Å². The first kappa shape index (κ1) is 26.5. The van der Waals surface area contributed by atoms with E-state index < -0.39 is 17.5 Å². The first-order valence-corrected chi connectivity index (χ1v) is 11.6. The zero-order valence-electron chi connectivity index (χ0n) is 20.0. The van der Waals surface area contributed by atoms with E-state index in [0.29, 0.717) is 18.7 Å². The quantitative estimate of drug-likeness (QED) is 0.0872. The smallest absolute Gasteiger partial charge is 0.295 e. The molecule has 190 valence electrons. The van der Waals surface area contributed by atoms with Gasteiger partial charge in [0.1, 0.15) is 11.7 Å². The number of piperazine rings is 1. The van der Waals surface area contributed by atoms with E-state index in [1.165, 1.54) is 17.2 Å². The van der Waals surface area contributed by atoms with Crippen molar-refractivity contribution in [2.45, 2.75) is 13.3 Å². The van der Waals surface area contributed by atoms with Crippen molar-refractivity contribution >= 4 is 34.3 Å². The molecule has 10 nitrogen and oxygen atoms in total. The Hall–Kier alpha value is -4.09. The highest BCUT2D eigenvalue weighted by molar-refractivity contribution is 6.45. The minimum absolute atomic E-state index is 0.0658. The van der Waals surface area contributed by atoms with Gasteiger partial charge in [-0.2, -0.15) is 0 Å². The number of hydrazine groups is 1. The minimum atomic E-state index is -0.853. The largest absolute Gasteiger partial charge is 0.384 e. The molecule has 0 spiro atoms. The Labute approximate surface area is 207 Å². The summed E-state index contributed by atoms with van der Waals surface area (Å²) in [6.45, 7) is 3.98. The number of amides is 2. The highest BCUT2D eigenvalue weighted by Crippen LogP contribution is 2.26. The molecule has 2 amide bonds. The molecule has 3 aromatic rings. The summed E-state index contributed by atoms with van der Waals surface area (Å²) >= 11 is 0. The van der Waals surface area contributed by atoms with Crippen LogP contribution in [-0.4, -0.2) is 70.9 Å². The molecule has 4 rings (SSSR count). The lowest BCUT2D eigenvalue weighted by molar-refractivity contribution is -0.127. The summed E-state index contributed by atoms with van der Waals surface area (Å²) in [4.78, 5) is 43.9. The first-order valence-electron chi connectivity index (χ1n) is 11.6. The lowest BCUT2D eigenvalue weighted by atomic mass is 10.0. The topological polar surface area (TPSA) is 161 Å². The van der Waals surface area contributed by atoms with Crippen molar-refractivity contribution < 1.29 is 18.8 Å². The number of nitrogens with two attached hydrogens (primary N) is 2. The number of aromatic amines is 1. The zero-order chi connectivity index (χ0) is 26.2. The fourth-order valence-electron chi connectivity index (χ4n) is 3.89. The van der Waals surface area contributed by atoms with Gasteiger partial charge in [-0.05, 0) is 30.7 Å². The van der Waals surface area contributed by atoms with E-state index >= 15 is 0 Å². The number of nitrogen functional groups attached to an aromatic ring is 1. The fraction of sp³-hybridized carbons (Fsp3) is 0.280. The van der Waals surface area contributed by atoms with Crippen LogP contribution in [0.15, 0.2) is 48.7 Å². The summed E-state index contributed by atoms with van der Waals surface area (Å²) < 4.78 is 14.4. The molecule has 1 aliphatic heterocycles. The van der Waals surface area contributed by atoms with Gasteiger partial charge in [-0.15, -0.1) is 0 Å². The Morgan fingerprint density at radius 2 is 1.67 bits per heavy atom. The highest BCUT2D eigenvalue weighted by atomic mass is 19.1. The first-order chi connectivity index (χ1) is 17.3. The van der Waals surface area contributed by atoms with Crippen LogP contribution in [-0.2, 0) is 4.79 Å². The van der Waals surface area contributed by atoms with Gasteiger partial charge in [-0.1, -0.05) is 25.1 Å². The van der Waals surface area contributed by atoms with Crippen molar-refractivity contribution in [2.75, 3.05) is 32.7 Å². The lowest BCUT2D eigenvalue weighted by Crippen LogP contribution is -2.52. The number of hydrogen-bond donors (Lipinski definition) is 5. The Balaban J connectivity index is 0.000000658. The Morgan fingerprint density at radius 1 is 1.03 bits per heavy atom. The molecule has 0 atom stereocenters. The predicted octanol–water partition coefficient (Wildman–Crippen LogP) is 1.62. The number of hydrogen-bond acceptors (Lipinski definition) is 6. The van der Waals surface area contributed by atoms with Crippen LogP contribution >= 0.6 is 0 Å². The van der Waals surface area contributed by atoms with Crippen LogP contribution in [0.3, 0.4) is 0 Å². The second kappa shape index (κ2) is 12.0. The number of aromatic nitrogens is 1. The summed E-state index contributed by atoms with van der Waals surface area (Å²) in [5, 5.41) is 7.54. The summed E-state index contributed by atoms with van der Waals surface area (Å²) in [7, 11) is 0. The third-order valence-electron chi connectivity index (χ3n) is 5.78. The third kappa shape index (κ3) is 5.75. The number of carbonyl (C=O) groups is 3. The van der Waals surface area contributed by atoms with Gasteiger partial charge in [0.25, 0.3) is 17.6 Å². The van der Waals surface area contributed by atoms with Crippen LogP contribution < -0.4 is 17.0 Å². The van der Waals surface area contributed by atoms with Crippen LogP contribution in [0.4, 0.5) is 4.39 Å². The van der Waals surface area contributed by atoms with Gasteiger partial charge < -0.3 is 20.5 Å². The van der Waals surface area contributed by atoms with Crippen LogP contribution in [0.5, 0.6) is 0 Å². The van der Waals surface area contributed by atoms with Gasteiger partial charge >= 0.3 is 0 Å². The number of benzene rings is 2. The maximum atomic E-state index is 14.4. The summed E-state index contributed by atoms with van der Waals surface area (Å²) in [6.07, 6.45) is 2.37. The summed E-state index contributed by atoms with van der Waals surface area (Å²) in [5.74, 6) is 2.18. The van der Waals surface area contributed by atoms with Crippen molar-refractivity contribution in [1.29, 1.82) is 5.41 Å². The SMILES string of the molecule is CCCNN.N=C(N)c1ccc(F)c2c(C(=O)C(=O)N3CCN(C(=O)c4ccccc4)CC3)c[nH]c12. The maximum absolute atomic E-state index is 14.4. The molecule has 2 heterocycles. The predicted molar refractivity (Wildman–Crippen MR) is 135 cm³/mol. The van der Waals surface area contributed by atoms with Crippen molar-refractivity contribution in [2.24, 2.45) is 11.6 Å². The molecule has 0 bridgehead atoms. The second-order valence-corrected chi connectivity index (χ2v) is 8.19. The number of halogens is 1. The molecule has 0 radical (unpaired) electrons. The van der Waals surface area contributed by atoms with E-state index in [-0.39, 0.29) is 46.9 Å². The van der Waals surface area contributed by atoms with E-state index in [1.54, 1.807) is 29.2 Å². The molecule has 1 fully saturated rings. The molecule has 36 heavy (non-hydrogen) atoms. The average molecular weight is 496 g/mol. The van der Waals surface area contributed by atoms with Gasteiger partial charge in [-0.3, -0.25) is 31.1 Å². The van der Waals surface area contributed by atoms with Gasteiger partial charge in [0.05, 0.1) is 11.1 Å². The number of H-pyrrole nitrogens is 1. The second-order valence-electron chi connectivity index (χ2n) is 8.19. The maximum Gasteiger partial charge on any atom is 0.295 e. The number of ketones is 1. The van der Waals surface area contributed by atoms with Crippen molar-refractivity contribution in [3.8, 4) is 0 Å². The van der Waals surface area contributed by atoms with E-state index in [9.17, 15) is 18.8 Å². The Kier molecular flexibility index (Phi) is 8.87. The van der Waals surface area contributed by atoms with Crippen LogP contribution in [0.25, 0.3) is 10.9 Å². The fourth-order valence-corrected chi connectivity index (χ4v) is 3.89. The molecular formula is C25H30FN7O3. The van der Waals surface area contributed by atoms with Crippen LogP contribution in [0.1, 0.15) is 39.6 Å². The van der Waals surface area contributed by atoms with Crippen molar-refractivity contribution in [3.05, 3.63) is 71.2 Å². The monoisotopic (exact) mass is 495 g/mol. The number of Topliss-reactive ketones (excluding diaryl/α,β-unsaturated/α-hetero) is 1. The molecule has 7 N–H and O–H groups in total. The number of amidine groups is 1. The molecular weight excluding hydrogens is 465 g/mol. The number of rotatable bonds is 6. The number of nitrogens with one attached hydrogen (secondary N) is 3. The van der Waals surface area contributed by atoms with E-state index in [4.69, 9.17) is 17.0 Å². The Bertz CT molecular complexity index is 1250. The number of carbonyl (C=O) groups excluding carboxylic acids is 3. The van der Waals surface area contributed by atoms with Gasteiger partial charge in [0, 0.05) is 55.4 Å². The van der Waals surface area contributed by atoms with Crippen molar-refractivity contribution in [3.63, 3.8) is 0 Å². The van der Waals surface area contributed by atoms with E-state index in [0.717, 1.165) is 19.0 Å². The molecule has 1 aromatic heterocycles. The highest BCUT2D eigenvalue weighted by Gasteiger charge is 2.31. The van der Waals surface area contributed by atoms with E-state index in [1.807, 2.05) is 6.07 Å². The molecule has 1 aliphatic rings. The molecule has 1 saturated heterocycles. The minimum Gasteiger partial charge on any atom is -0.384 e. The number of nitrogens with zero attached hydrogens (tertiary/aromatic N) is 2. The summed E-state index contributed by atoms with van der Waals surface area (Å²) in [5.41, 5.74) is 8.94. The third-order valence-corrected chi connectivity index (χ3v) is 5.78. The van der Waals surface area contributed by atoms with Crippen LogP contribution in [0.2, 0.25) is 0 Å². The van der Waals surface area contributed by atoms with Gasteiger partial charge in [-0.25, -0.2) is 4.39 Å². The standard InChI is InChI=1S/C22H20FN5O3.C3H10N2/c23-16-7-6-14(20(24)25)18-17(16)15(12-26-18)19(29)22(31)28-10-8-27(9-11-28)21(30)13-4-2-1-3-5-13;1-2-3-5-4/h1-7,12,26H,8-11H2,(H3,24,25);5H,2-4H2,1H3. The summed E-state index contributed by atoms with van der Waals surface area (Å²) in [6, 6.07) is 11.3. The molecule has 0 unspecified atom stereocenters. The molecule has 11 heteroatoms. The van der Waals surface area contributed by atoms with Crippen LogP contribution in [0, 0.1) is 11.2 Å².